The summed E-state index contributed by atoms with van der Waals surface area (Å²) in [7, 11) is 1.62. The highest BCUT2D eigenvalue weighted by molar-refractivity contribution is 6.04. The lowest BCUT2D eigenvalue weighted by molar-refractivity contribution is 0.0512. The van der Waals surface area contributed by atoms with Crippen molar-refractivity contribution in [1.82, 2.24) is 0 Å². The Morgan fingerprint density at radius 3 is 1.85 bits per heavy atom. The number of fused-ring (bicyclic) bond motifs is 1. The first kappa shape index (κ1) is 21.6. The van der Waals surface area contributed by atoms with E-state index >= 15 is 0 Å². The molecule has 0 bridgehead atoms. The number of nitrogens with one attached hydrogen (secondary N) is 2. The Labute approximate surface area is 199 Å². The minimum Gasteiger partial charge on any atom is -0.468 e. The molecule has 2 N–H and O–H groups in total. The molecule has 5 aromatic rings. The Balaban J connectivity index is 1.68. The molecule has 0 radical (unpaired) electrons. The highest BCUT2D eigenvalue weighted by atomic mass is 16.7. The number of rotatable bonds is 8. The van der Waals surface area contributed by atoms with E-state index in [-0.39, 0.29) is 6.79 Å². The molecule has 0 aliphatic carbocycles. The van der Waals surface area contributed by atoms with E-state index in [4.69, 9.17) is 9.47 Å². The molecule has 0 spiro atoms. The lowest BCUT2D eigenvalue weighted by Crippen LogP contribution is -2.00. The van der Waals surface area contributed by atoms with Crippen molar-refractivity contribution in [1.29, 1.82) is 0 Å². The second-order valence-electron chi connectivity index (χ2n) is 7.95. The maximum Gasteiger partial charge on any atom is 0.188 e. The number of benzene rings is 5. The van der Waals surface area contributed by atoms with Gasteiger partial charge >= 0.3 is 0 Å². The molecule has 0 amide bonds. The first-order valence-corrected chi connectivity index (χ1v) is 11.2. The molecule has 5 rings (SSSR count). The third-order valence-corrected chi connectivity index (χ3v) is 5.64. The summed E-state index contributed by atoms with van der Waals surface area (Å²) in [5.41, 5.74) is 6.29. The zero-order valence-corrected chi connectivity index (χ0v) is 19.0. The number of methoxy groups -OCH3 is 1. The van der Waals surface area contributed by atoms with Crippen LogP contribution in [0, 0.1) is 0 Å². The van der Waals surface area contributed by atoms with Crippen LogP contribution >= 0.6 is 0 Å². The van der Waals surface area contributed by atoms with Gasteiger partial charge in [0, 0.05) is 35.4 Å². The summed E-state index contributed by atoms with van der Waals surface area (Å²) in [6.45, 7) is 0.209. The van der Waals surface area contributed by atoms with Crippen molar-refractivity contribution in [3.05, 3.63) is 115 Å². The van der Waals surface area contributed by atoms with Gasteiger partial charge in [-0.15, -0.1) is 0 Å². The van der Waals surface area contributed by atoms with Gasteiger partial charge in [0.1, 0.15) is 5.75 Å². The molecule has 4 nitrogen and oxygen atoms in total. The van der Waals surface area contributed by atoms with E-state index in [1.807, 2.05) is 42.5 Å². The summed E-state index contributed by atoms with van der Waals surface area (Å²) >= 11 is 0. The zero-order chi connectivity index (χ0) is 23.2. The van der Waals surface area contributed by atoms with Crippen LogP contribution in [-0.2, 0) is 4.74 Å². The molecule has 4 heteroatoms. The number of para-hydroxylation sites is 2. The van der Waals surface area contributed by atoms with E-state index in [0.29, 0.717) is 0 Å². The molecule has 0 aliphatic rings. The van der Waals surface area contributed by atoms with Gasteiger partial charge in [0.25, 0.3) is 0 Å². The van der Waals surface area contributed by atoms with E-state index in [2.05, 4.69) is 83.4 Å². The fourth-order valence-electron chi connectivity index (χ4n) is 4.09. The molecular weight excluding hydrogens is 420 g/mol. The Kier molecular flexibility index (Phi) is 6.41. The van der Waals surface area contributed by atoms with Crippen molar-refractivity contribution >= 4 is 33.5 Å². The molecule has 0 saturated carbocycles. The lowest BCUT2D eigenvalue weighted by Gasteiger charge is -2.20. The fraction of sp³-hybridized carbons (Fsp3) is 0.0667. The van der Waals surface area contributed by atoms with E-state index in [0.717, 1.165) is 50.4 Å². The monoisotopic (exact) mass is 446 g/mol. The lowest BCUT2D eigenvalue weighted by atomic mass is 9.95. The second kappa shape index (κ2) is 10.1. The molecule has 34 heavy (non-hydrogen) atoms. The summed E-state index contributed by atoms with van der Waals surface area (Å²) < 4.78 is 10.9. The van der Waals surface area contributed by atoms with Crippen LogP contribution in [0.3, 0.4) is 0 Å². The molecular formula is C30H26N2O2. The third-order valence-electron chi connectivity index (χ3n) is 5.64. The molecule has 0 atom stereocenters. The minimum absolute atomic E-state index is 0.209. The van der Waals surface area contributed by atoms with Gasteiger partial charge in [-0.2, -0.15) is 0 Å². The average molecular weight is 447 g/mol. The summed E-state index contributed by atoms with van der Waals surface area (Å²) in [5.74, 6) is 0.771. The predicted octanol–water partition coefficient (Wildman–Crippen LogP) is 7.98. The van der Waals surface area contributed by atoms with Gasteiger partial charge < -0.3 is 20.1 Å². The number of anilines is 4. The number of ether oxygens (including phenoxy) is 2. The van der Waals surface area contributed by atoms with Crippen molar-refractivity contribution in [3.63, 3.8) is 0 Å². The quantitative estimate of drug-likeness (QED) is 0.237. The van der Waals surface area contributed by atoms with E-state index in [1.54, 1.807) is 7.11 Å². The van der Waals surface area contributed by atoms with E-state index in [9.17, 15) is 0 Å². The normalized spacial score (nSPS) is 10.7. The van der Waals surface area contributed by atoms with Crippen molar-refractivity contribution in [2.75, 3.05) is 24.5 Å². The number of hydrogen-bond donors (Lipinski definition) is 2. The predicted molar refractivity (Wildman–Crippen MR) is 141 cm³/mol. The van der Waals surface area contributed by atoms with Gasteiger partial charge in [0.2, 0.25) is 0 Å². The van der Waals surface area contributed by atoms with Gasteiger partial charge in [0.15, 0.2) is 6.79 Å². The Hall–Kier alpha value is -4.28. The molecule has 0 fully saturated rings. The molecule has 168 valence electrons. The maximum absolute atomic E-state index is 5.75. The molecule has 0 unspecified atom stereocenters. The van der Waals surface area contributed by atoms with Crippen molar-refractivity contribution in [2.24, 2.45) is 0 Å². The smallest absolute Gasteiger partial charge is 0.188 e. The summed E-state index contributed by atoms with van der Waals surface area (Å²) in [6, 6.07) is 39.3. The first-order valence-electron chi connectivity index (χ1n) is 11.2. The average Bonchev–Trinajstić information content (AvgIpc) is 2.89. The molecule has 0 heterocycles. The SMILES string of the molecule is COCOc1ccc2cccc(-c3c(Nc4ccccc4)cccc3Nc3ccccc3)c2c1. The highest BCUT2D eigenvalue weighted by Gasteiger charge is 2.15. The van der Waals surface area contributed by atoms with Crippen LogP contribution < -0.4 is 15.4 Å². The van der Waals surface area contributed by atoms with Crippen LogP contribution in [0.15, 0.2) is 115 Å². The van der Waals surface area contributed by atoms with E-state index in [1.165, 1.54) is 0 Å². The van der Waals surface area contributed by atoms with Crippen LogP contribution in [0.4, 0.5) is 22.7 Å². The van der Waals surface area contributed by atoms with Gasteiger partial charge in [0.05, 0.1) is 0 Å². The van der Waals surface area contributed by atoms with Crippen LogP contribution in [0.2, 0.25) is 0 Å². The standard InChI is InChI=1S/C30H26N2O2/c1-33-21-34-25-19-18-22-10-8-15-26(27(22)20-25)30-28(31-23-11-4-2-5-12-23)16-9-17-29(30)32-24-13-6-3-7-14-24/h2-20,31-32H,21H2,1H3. The highest BCUT2D eigenvalue weighted by Crippen LogP contribution is 2.42. The molecule has 0 saturated heterocycles. The minimum atomic E-state index is 0.209. The second-order valence-corrected chi connectivity index (χ2v) is 7.95. The molecule has 0 aromatic heterocycles. The topological polar surface area (TPSA) is 42.5 Å². The summed E-state index contributed by atoms with van der Waals surface area (Å²) in [5, 5.41) is 9.49. The van der Waals surface area contributed by atoms with Gasteiger partial charge in [-0.25, -0.2) is 0 Å². The Morgan fingerprint density at radius 1 is 0.618 bits per heavy atom. The maximum atomic E-state index is 5.75. The van der Waals surface area contributed by atoms with Gasteiger partial charge in [-0.3, -0.25) is 0 Å². The zero-order valence-electron chi connectivity index (χ0n) is 19.0. The third kappa shape index (κ3) is 4.72. The number of hydrogen-bond acceptors (Lipinski definition) is 4. The van der Waals surface area contributed by atoms with Crippen LogP contribution in [-0.4, -0.2) is 13.9 Å². The van der Waals surface area contributed by atoms with Crippen LogP contribution in [0.5, 0.6) is 5.75 Å². The van der Waals surface area contributed by atoms with Crippen molar-refractivity contribution in [2.45, 2.75) is 0 Å². The van der Waals surface area contributed by atoms with Crippen molar-refractivity contribution in [3.8, 4) is 16.9 Å². The van der Waals surface area contributed by atoms with Gasteiger partial charge in [-0.05, 0) is 64.9 Å². The van der Waals surface area contributed by atoms with Crippen LogP contribution in [0.1, 0.15) is 0 Å². The molecule has 5 aromatic carbocycles. The van der Waals surface area contributed by atoms with E-state index < -0.39 is 0 Å². The first-order chi connectivity index (χ1) is 16.8. The Morgan fingerprint density at radius 2 is 1.24 bits per heavy atom. The molecule has 0 aliphatic heterocycles. The Bertz CT molecular complexity index is 1330. The summed E-state index contributed by atoms with van der Waals surface area (Å²) in [4.78, 5) is 0. The van der Waals surface area contributed by atoms with Crippen LogP contribution in [0.25, 0.3) is 21.9 Å². The van der Waals surface area contributed by atoms with Crippen molar-refractivity contribution < 1.29 is 9.47 Å². The summed E-state index contributed by atoms with van der Waals surface area (Å²) in [6.07, 6.45) is 0. The largest absolute Gasteiger partial charge is 0.468 e. The van der Waals surface area contributed by atoms with Gasteiger partial charge in [-0.1, -0.05) is 66.7 Å². The fourth-order valence-corrected chi connectivity index (χ4v) is 4.09.